The lowest BCUT2D eigenvalue weighted by Crippen LogP contribution is -2.55. The number of nitrogens with two attached hydrogens (primary N) is 1. The van der Waals surface area contributed by atoms with Crippen LogP contribution in [0.4, 0.5) is 5.82 Å². The van der Waals surface area contributed by atoms with E-state index >= 15 is 0 Å². The van der Waals surface area contributed by atoms with Gasteiger partial charge in [0.25, 0.3) is 11.5 Å². The van der Waals surface area contributed by atoms with Gasteiger partial charge in [-0.05, 0) is 12.5 Å². The largest absolute Gasteiger partial charge is 0.480 e. The molecule has 1 aliphatic rings. The van der Waals surface area contributed by atoms with E-state index in [9.17, 15) is 14.4 Å². The van der Waals surface area contributed by atoms with E-state index < -0.39 is 17.4 Å². The molecule has 5 N–H and O–H groups in total. The summed E-state index contributed by atoms with van der Waals surface area (Å²) < 4.78 is 10.5. The number of nitrogens with one attached hydrogen (secondary N) is 2. The first-order valence-corrected chi connectivity index (χ1v) is 8.73. The zero-order valence-electron chi connectivity index (χ0n) is 14.9. The molecule has 1 saturated heterocycles. The topological polar surface area (TPSA) is 147 Å². The number of nitrogens with zero attached hydrogens (tertiary/aromatic N) is 1. The quantitative estimate of drug-likeness (QED) is 0.427. The lowest BCUT2D eigenvalue weighted by Gasteiger charge is -2.38. The minimum Gasteiger partial charge on any atom is -0.480 e. The molecule has 1 aromatic heterocycles. The van der Waals surface area contributed by atoms with Gasteiger partial charge in [-0.2, -0.15) is 0 Å². The Morgan fingerprint density at radius 2 is 2.26 bits per heavy atom. The highest BCUT2D eigenvalue weighted by Crippen LogP contribution is 2.16. The molecule has 1 amide bonds. The van der Waals surface area contributed by atoms with Crippen LogP contribution in [-0.4, -0.2) is 79.0 Å². The van der Waals surface area contributed by atoms with E-state index in [4.69, 9.17) is 31.9 Å². The second kappa shape index (κ2) is 9.70. The van der Waals surface area contributed by atoms with E-state index in [2.05, 4.69) is 15.2 Å². The molecule has 0 spiro atoms. The number of rotatable bonds is 8. The van der Waals surface area contributed by atoms with Crippen LogP contribution < -0.4 is 16.6 Å². The number of H-pyrrole nitrogens is 1. The summed E-state index contributed by atoms with van der Waals surface area (Å²) in [4.78, 5) is 39.2. The zero-order chi connectivity index (χ0) is 20.0. The molecule has 0 saturated carbocycles. The Morgan fingerprint density at radius 1 is 1.52 bits per heavy atom. The van der Waals surface area contributed by atoms with Crippen LogP contribution in [0.15, 0.2) is 10.9 Å². The number of nitrogen functional groups attached to an aromatic ring is 1. The fraction of sp³-hybridized carbons (Fsp3) is 0.562. The number of pyridine rings is 1. The van der Waals surface area contributed by atoms with Crippen LogP contribution >= 0.6 is 11.6 Å². The maximum Gasteiger partial charge on any atom is 0.329 e. The smallest absolute Gasteiger partial charge is 0.329 e. The summed E-state index contributed by atoms with van der Waals surface area (Å²) in [6, 6.07) is 0.955. The molecule has 0 aliphatic carbocycles. The maximum absolute atomic E-state index is 12.4. The van der Waals surface area contributed by atoms with Crippen LogP contribution in [0.25, 0.3) is 0 Å². The number of hydrogen-bond acceptors (Lipinski definition) is 7. The van der Waals surface area contributed by atoms with Gasteiger partial charge in [0, 0.05) is 26.7 Å². The van der Waals surface area contributed by atoms with Crippen LogP contribution in [0.3, 0.4) is 0 Å². The normalized spacial score (nSPS) is 20.4. The molecular formula is C16H23ClN4O6. The number of anilines is 1. The Bertz CT molecular complexity index is 740. The number of methoxy groups -OCH3 is 1. The van der Waals surface area contributed by atoms with Gasteiger partial charge in [0.15, 0.2) is 0 Å². The lowest BCUT2D eigenvalue weighted by molar-refractivity contribution is -0.142. The molecule has 1 fully saturated rings. The van der Waals surface area contributed by atoms with Crippen molar-refractivity contribution in [2.75, 3.05) is 45.7 Å². The van der Waals surface area contributed by atoms with Crippen molar-refractivity contribution in [2.45, 2.75) is 18.6 Å². The summed E-state index contributed by atoms with van der Waals surface area (Å²) in [7, 11) is 1.54. The molecule has 1 aromatic rings. The van der Waals surface area contributed by atoms with Crippen molar-refractivity contribution in [3.05, 3.63) is 27.0 Å². The standard InChI is InChI=1S/C16H23ClN4O6/c1-26-12-7-21(4-5-27-8-13(22)23)3-2-11(12)19-15(24)9-6-10(17)14(18)20-16(9)25/h6,11-12H,2-5,7-8H2,1H3,(H,19,24)(H,22,23)(H3,18,20,25)/t11-,12+/m0/s1. The fourth-order valence-electron chi connectivity index (χ4n) is 2.87. The monoisotopic (exact) mass is 402 g/mol. The molecule has 0 aromatic carbocycles. The van der Waals surface area contributed by atoms with Crippen molar-refractivity contribution in [3.63, 3.8) is 0 Å². The average Bonchev–Trinajstić information content (AvgIpc) is 2.62. The van der Waals surface area contributed by atoms with Crippen molar-refractivity contribution < 1.29 is 24.2 Å². The van der Waals surface area contributed by atoms with E-state index in [0.717, 1.165) is 0 Å². The molecule has 0 radical (unpaired) electrons. The SMILES string of the molecule is CO[C@@H]1CN(CCOCC(=O)O)CC[C@@H]1NC(=O)c1cc(Cl)c(N)[nH]c1=O. The van der Waals surface area contributed by atoms with Gasteiger partial charge < -0.3 is 30.6 Å². The number of piperidine rings is 1. The van der Waals surface area contributed by atoms with E-state index in [0.29, 0.717) is 32.7 Å². The van der Waals surface area contributed by atoms with Gasteiger partial charge in [0.1, 0.15) is 18.0 Å². The summed E-state index contributed by atoms with van der Waals surface area (Å²) in [6.07, 6.45) is 0.314. The van der Waals surface area contributed by atoms with Crippen LogP contribution in [0.2, 0.25) is 5.02 Å². The number of ether oxygens (including phenoxy) is 2. The number of aromatic nitrogens is 1. The van der Waals surface area contributed by atoms with Crippen molar-refractivity contribution >= 4 is 29.3 Å². The van der Waals surface area contributed by atoms with Gasteiger partial charge in [0.2, 0.25) is 0 Å². The first kappa shape index (κ1) is 21.2. The molecule has 11 heteroatoms. The first-order chi connectivity index (χ1) is 12.8. The predicted molar refractivity (Wildman–Crippen MR) is 98.0 cm³/mol. The highest BCUT2D eigenvalue weighted by atomic mass is 35.5. The Morgan fingerprint density at radius 3 is 2.93 bits per heavy atom. The highest BCUT2D eigenvalue weighted by molar-refractivity contribution is 6.33. The summed E-state index contributed by atoms with van der Waals surface area (Å²) >= 11 is 5.87. The Labute approximate surface area is 160 Å². The number of hydrogen-bond donors (Lipinski definition) is 4. The van der Waals surface area contributed by atoms with Crippen LogP contribution in [0, 0.1) is 0 Å². The van der Waals surface area contributed by atoms with Gasteiger partial charge in [-0.1, -0.05) is 11.6 Å². The van der Waals surface area contributed by atoms with Gasteiger partial charge in [0.05, 0.1) is 23.8 Å². The third kappa shape index (κ3) is 5.93. The molecule has 0 unspecified atom stereocenters. The van der Waals surface area contributed by atoms with Gasteiger partial charge in [-0.3, -0.25) is 14.5 Å². The molecule has 150 valence electrons. The molecule has 2 heterocycles. The summed E-state index contributed by atoms with van der Waals surface area (Å²) in [5.74, 6) is -1.56. The number of amides is 1. The number of carboxylic acid groups (broad SMARTS) is 1. The van der Waals surface area contributed by atoms with Gasteiger partial charge in [-0.25, -0.2) is 4.79 Å². The summed E-state index contributed by atoms with van der Waals surface area (Å²) in [6.45, 7) is 1.72. The second-order valence-electron chi connectivity index (χ2n) is 6.16. The molecule has 1 aliphatic heterocycles. The predicted octanol–water partition coefficient (Wildman–Crippen LogP) is -0.469. The number of carbonyl (C=O) groups is 2. The van der Waals surface area contributed by atoms with Crippen LogP contribution in [0.1, 0.15) is 16.8 Å². The third-order valence-corrected chi connectivity index (χ3v) is 4.62. The molecule has 2 atom stereocenters. The summed E-state index contributed by atoms with van der Waals surface area (Å²) in [5.41, 5.74) is 4.78. The van der Waals surface area contributed by atoms with Crippen molar-refractivity contribution in [1.82, 2.24) is 15.2 Å². The van der Waals surface area contributed by atoms with E-state index in [1.807, 2.05) is 0 Å². The number of aromatic amines is 1. The Balaban J connectivity index is 1.92. The van der Waals surface area contributed by atoms with Crippen molar-refractivity contribution in [1.29, 1.82) is 0 Å². The number of halogens is 1. The molecular weight excluding hydrogens is 380 g/mol. The minimum atomic E-state index is -1.01. The number of aliphatic carboxylic acids is 1. The fourth-order valence-corrected chi connectivity index (χ4v) is 3.03. The first-order valence-electron chi connectivity index (χ1n) is 8.35. The zero-order valence-corrected chi connectivity index (χ0v) is 15.6. The Hall–Kier alpha value is -2.14. The molecule has 0 bridgehead atoms. The van der Waals surface area contributed by atoms with E-state index in [-0.39, 0.29) is 35.2 Å². The minimum absolute atomic E-state index is 0.00594. The number of likely N-dealkylation sites (tertiary alicyclic amines) is 1. The van der Waals surface area contributed by atoms with E-state index in [1.165, 1.54) is 6.07 Å². The molecule has 10 nitrogen and oxygen atoms in total. The molecule has 2 rings (SSSR count). The van der Waals surface area contributed by atoms with Gasteiger partial charge in [-0.15, -0.1) is 0 Å². The van der Waals surface area contributed by atoms with E-state index in [1.54, 1.807) is 7.11 Å². The van der Waals surface area contributed by atoms with Crippen LogP contribution in [0.5, 0.6) is 0 Å². The highest BCUT2D eigenvalue weighted by Gasteiger charge is 2.31. The van der Waals surface area contributed by atoms with Crippen LogP contribution in [-0.2, 0) is 14.3 Å². The number of carboxylic acids is 1. The third-order valence-electron chi connectivity index (χ3n) is 4.31. The average molecular weight is 403 g/mol. The number of carbonyl (C=O) groups excluding carboxylic acids is 1. The molecule has 27 heavy (non-hydrogen) atoms. The Kier molecular flexibility index (Phi) is 7.60. The lowest BCUT2D eigenvalue weighted by atomic mass is 10.0. The van der Waals surface area contributed by atoms with Crippen molar-refractivity contribution in [3.8, 4) is 0 Å². The second-order valence-corrected chi connectivity index (χ2v) is 6.57. The van der Waals surface area contributed by atoms with Gasteiger partial charge >= 0.3 is 5.97 Å². The van der Waals surface area contributed by atoms with Crippen molar-refractivity contribution in [2.24, 2.45) is 0 Å². The summed E-state index contributed by atoms with van der Waals surface area (Å²) in [5, 5.41) is 11.5. The maximum atomic E-state index is 12.4.